The summed E-state index contributed by atoms with van der Waals surface area (Å²) in [6.07, 6.45) is 4.47. The molecule has 0 spiro atoms. The van der Waals surface area contributed by atoms with Crippen LogP contribution in [0.1, 0.15) is 47.9 Å². The molecule has 6 nitrogen and oxygen atoms in total. The van der Waals surface area contributed by atoms with E-state index in [9.17, 15) is 4.79 Å². The van der Waals surface area contributed by atoms with E-state index in [4.69, 9.17) is 5.73 Å². The van der Waals surface area contributed by atoms with Crippen LogP contribution in [0, 0.1) is 17.8 Å². The highest BCUT2D eigenvalue weighted by atomic mass is 16.1. The molecule has 4 aliphatic rings. The number of rotatable bonds is 1. The van der Waals surface area contributed by atoms with Gasteiger partial charge in [0.1, 0.15) is 0 Å². The minimum absolute atomic E-state index is 0.121. The van der Waals surface area contributed by atoms with Crippen molar-refractivity contribution in [2.24, 2.45) is 17.8 Å². The minimum atomic E-state index is 0.121. The molecule has 7 rings (SSSR count). The molecule has 2 fully saturated rings. The van der Waals surface area contributed by atoms with Gasteiger partial charge in [0.2, 0.25) is 5.91 Å². The van der Waals surface area contributed by atoms with E-state index in [1.807, 2.05) is 0 Å². The number of hydrogen-bond donors (Lipinski definition) is 4. The molecule has 2 bridgehead atoms. The van der Waals surface area contributed by atoms with Gasteiger partial charge in [0, 0.05) is 16.8 Å². The molecule has 1 aromatic heterocycles. The molecule has 2 aromatic carbocycles. The summed E-state index contributed by atoms with van der Waals surface area (Å²) in [6.45, 7) is 0. The van der Waals surface area contributed by atoms with Crippen LogP contribution >= 0.6 is 0 Å². The second-order valence-corrected chi connectivity index (χ2v) is 9.25. The van der Waals surface area contributed by atoms with E-state index >= 15 is 0 Å². The molecule has 2 aliphatic heterocycles. The Bertz CT molecular complexity index is 1200. The van der Waals surface area contributed by atoms with Gasteiger partial charge in [-0.2, -0.15) is 5.10 Å². The molecule has 0 radical (unpaired) electrons. The van der Waals surface area contributed by atoms with E-state index in [-0.39, 0.29) is 11.9 Å². The number of amides is 1. The fourth-order valence-corrected chi connectivity index (χ4v) is 6.89. The molecule has 5 N–H and O–H groups in total. The highest BCUT2D eigenvalue weighted by Crippen LogP contribution is 2.64. The van der Waals surface area contributed by atoms with Gasteiger partial charge >= 0.3 is 0 Å². The molecule has 0 saturated heterocycles. The maximum Gasteiger partial charge on any atom is 0.228 e. The van der Waals surface area contributed by atoms with Crippen LogP contribution < -0.4 is 16.4 Å². The van der Waals surface area contributed by atoms with Crippen molar-refractivity contribution in [3.63, 3.8) is 0 Å². The Balaban J connectivity index is 1.41. The lowest BCUT2D eigenvalue weighted by Gasteiger charge is -2.44. The molecule has 29 heavy (non-hydrogen) atoms. The molecule has 146 valence electrons. The van der Waals surface area contributed by atoms with Crippen molar-refractivity contribution >= 4 is 34.0 Å². The predicted octanol–water partition coefficient (Wildman–Crippen LogP) is 3.94. The van der Waals surface area contributed by atoms with Crippen molar-refractivity contribution in [2.75, 3.05) is 16.4 Å². The number of nitrogens with zero attached hydrogens (tertiary/aromatic N) is 1. The lowest BCUT2D eigenvalue weighted by Crippen LogP contribution is -2.36. The standard InChI is InChI=1S/C23H23N5O/c24-23-14-8-12(3-4-16(14)27-28-23)22-20-11-2-1-10(7-11)19(20)21-13-9-18(29)25-15(13)5-6-17(21)26-22/h3-6,8,10-11,19-20,22,26H,1-2,7,9H2,(H,25,29)(H3,24,27,28). The quantitative estimate of drug-likeness (QED) is 0.510. The van der Waals surface area contributed by atoms with Gasteiger partial charge in [0.15, 0.2) is 5.82 Å². The van der Waals surface area contributed by atoms with Crippen molar-refractivity contribution < 1.29 is 4.79 Å². The van der Waals surface area contributed by atoms with Gasteiger partial charge in [0.05, 0.1) is 18.0 Å². The van der Waals surface area contributed by atoms with Crippen LogP contribution in [0.4, 0.5) is 17.2 Å². The summed E-state index contributed by atoms with van der Waals surface area (Å²) in [5.41, 5.74) is 13.2. The van der Waals surface area contributed by atoms with Crippen LogP contribution in [-0.2, 0) is 11.2 Å². The fourth-order valence-electron chi connectivity index (χ4n) is 6.89. The van der Waals surface area contributed by atoms with Crippen molar-refractivity contribution in [3.8, 4) is 0 Å². The molecule has 5 atom stereocenters. The van der Waals surface area contributed by atoms with Gasteiger partial charge in [-0.05, 0) is 83.9 Å². The van der Waals surface area contributed by atoms with E-state index < -0.39 is 0 Å². The van der Waals surface area contributed by atoms with E-state index in [1.54, 1.807) is 0 Å². The van der Waals surface area contributed by atoms with E-state index in [1.165, 1.54) is 41.6 Å². The Hall–Kier alpha value is -3.02. The second kappa shape index (κ2) is 5.32. The zero-order chi connectivity index (χ0) is 19.3. The SMILES string of the molecule is Nc1n[nH]c2ccc(C3Nc4ccc5c(c4C4C6CCC(C6)C34)CC(=O)N5)cc12. The number of nitrogens with one attached hydrogen (secondary N) is 3. The van der Waals surface area contributed by atoms with Crippen molar-refractivity contribution in [1.29, 1.82) is 0 Å². The molecule has 3 heterocycles. The molecule has 3 aromatic rings. The third-order valence-corrected chi connectivity index (χ3v) is 7.95. The van der Waals surface area contributed by atoms with E-state index in [0.717, 1.165) is 28.4 Å². The Morgan fingerprint density at radius 3 is 2.86 bits per heavy atom. The summed E-state index contributed by atoms with van der Waals surface area (Å²) in [5.74, 6) is 3.26. The maximum absolute atomic E-state index is 12.1. The first kappa shape index (κ1) is 15.9. The van der Waals surface area contributed by atoms with Gasteiger partial charge in [0.25, 0.3) is 0 Å². The monoisotopic (exact) mass is 385 g/mol. The van der Waals surface area contributed by atoms with Crippen LogP contribution in [0.2, 0.25) is 0 Å². The second-order valence-electron chi connectivity index (χ2n) is 9.25. The fraction of sp³-hybridized carbons (Fsp3) is 0.391. The largest absolute Gasteiger partial charge is 0.382 e. The number of hydrogen-bond acceptors (Lipinski definition) is 4. The van der Waals surface area contributed by atoms with Gasteiger partial charge in [-0.1, -0.05) is 6.07 Å². The first-order chi connectivity index (χ1) is 14.2. The summed E-state index contributed by atoms with van der Waals surface area (Å²) < 4.78 is 0. The van der Waals surface area contributed by atoms with E-state index in [2.05, 4.69) is 51.2 Å². The minimum Gasteiger partial charge on any atom is -0.382 e. The summed E-state index contributed by atoms with van der Waals surface area (Å²) in [7, 11) is 0. The Morgan fingerprint density at radius 1 is 1.07 bits per heavy atom. The highest BCUT2D eigenvalue weighted by Gasteiger charge is 2.54. The summed E-state index contributed by atoms with van der Waals surface area (Å²) >= 11 is 0. The van der Waals surface area contributed by atoms with Gasteiger partial charge in [-0.25, -0.2) is 0 Å². The van der Waals surface area contributed by atoms with Crippen molar-refractivity contribution in [1.82, 2.24) is 10.2 Å². The maximum atomic E-state index is 12.1. The lowest BCUT2D eigenvalue weighted by molar-refractivity contribution is -0.115. The molecule has 6 heteroatoms. The zero-order valence-corrected chi connectivity index (χ0v) is 16.0. The first-order valence-electron chi connectivity index (χ1n) is 10.6. The number of aromatic amines is 1. The normalized spacial score (nSPS) is 31.3. The Morgan fingerprint density at radius 2 is 1.93 bits per heavy atom. The zero-order valence-electron chi connectivity index (χ0n) is 16.0. The third kappa shape index (κ3) is 2.01. The third-order valence-electron chi connectivity index (χ3n) is 7.95. The molecular formula is C23H23N5O. The molecule has 2 saturated carbocycles. The predicted molar refractivity (Wildman–Crippen MR) is 113 cm³/mol. The van der Waals surface area contributed by atoms with Gasteiger partial charge in [-0.3, -0.25) is 9.89 Å². The van der Waals surface area contributed by atoms with Crippen molar-refractivity contribution in [3.05, 3.63) is 47.0 Å². The molecular weight excluding hydrogens is 362 g/mol. The first-order valence-corrected chi connectivity index (χ1v) is 10.6. The van der Waals surface area contributed by atoms with Crippen LogP contribution in [0.15, 0.2) is 30.3 Å². The average Bonchev–Trinajstić information content (AvgIpc) is 3.50. The molecule has 1 amide bonds. The number of anilines is 3. The summed E-state index contributed by atoms with van der Waals surface area (Å²) in [4.78, 5) is 12.1. The topological polar surface area (TPSA) is 95.8 Å². The van der Waals surface area contributed by atoms with Crippen LogP contribution in [0.3, 0.4) is 0 Å². The summed E-state index contributed by atoms with van der Waals surface area (Å²) in [5, 5.41) is 15.1. The number of H-pyrrole nitrogens is 1. The van der Waals surface area contributed by atoms with Crippen molar-refractivity contribution in [2.45, 2.75) is 37.6 Å². The number of nitrogen functional groups attached to an aromatic ring is 1. The Kier molecular flexibility index (Phi) is 2.91. The number of fused-ring (bicyclic) bond motifs is 10. The lowest BCUT2D eigenvalue weighted by atomic mass is 9.67. The van der Waals surface area contributed by atoms with Gasteiger partial charge in [-0.15, -0.1) is 0 Å². The van der Waals surface area contributed by atoms with Gasteiger partial charge < -0.3 is 16.4 Å². The average molecular weight is 385 g/mol. The number of nitrogens with two attached hydrogens (primary N) is 1. The van der Waals surface area contributed by atoms with E-state index in [0.29, 0.717) is 24.1 Å². The molecule has 2 aliphatic carbocycles. The summed E-state index contributed by atoms with van der Waals surface area (Å²) in [6, 6.07) is 11.0. The number of aromatic nitrogens is 2. The molecule has 5 unspecified atom stereocenters. The van der Waals surface area contributed by atoms with Crippen LogP contribution in [0.5, 0.6) is 0 Å². The Labute approximate surface area is 168 Å². The number of benzene rings is 2. The highest BCUT2D eigenvalue weighted by molar-refractivity contribution is 6.00. The number of carbonyl (C=O) groups excluding carboxylic acids is 1. The smallest absolute Gasteiger partial charge is 0.228 e. The van der Waals surface area contributed by atoms with Crippen LogP contribution in [0.25, 0.3) is 10.9 Å². The van der Waals surface area contributed by atoms with Crippen LogP contribution in [-0.4, -0.2) is 16.1 Å². The number of carbonyl (C=O) groups is 1.